The van der Waals surface area contributed by atoms with Crippen LogP contribution in [0.25, 0.3) is 10.6 Å². The zero-order valence-corrected chi connectivity index (χ0v) is 20.4. The lowest BCUT2D eigenvalue weighted by Crippen LogP contribution is -2.64. The molecule has 2 aromatic heterocycles. The number of carbonyl (C=O) groups is 2. The largest absolute Gasteiger partial charge is 0.497 e. The number of hydrogen-bond donors (Lipinski definition) is 1. The summed E-state index contributed by atoms with van der Waals surface area (Å²) in [5, 5.41) is 9.97. The van der Waals surface area contributed by atoms with Crippen molar-refractivity contribution >= 4 is 23.2 Å². The average Bonchev–Trinajstić information content (AvgIpc) is 3.53. The fourth-order valence-corrected chi connectivity index (χ4v) is 5.62. The highest BCUT2D eigenvalue weighted by atomic mass is 32.1. The molecule has 1 unspecified atom stereocenters. The molecule has 1 fully saturated rings. The molecule has 1 N–H and O–H groups in total. The highest BCUT2D eigenvalue weighted by Gasteiger charge is 2.48. The first-order chi connectivity index (χ1) is 16.5. The summed E-state index contributed by atoms with van der Waals surface area (Å²) < 4.78 is 6.98. The lowest BCUT2D eigenvalue weighted by Gasteiger charge is -2.44. The minimum Gasteiger partial charge on any atom is -0.497 e. The van der Waals surface area contributed by atoms with E-state index >= 15 is 0 Å². The molecule has 34 heavy (non-hydrogen) atoms. The van der Waals surface area contributed by atoms with E-state index in [2.05, 4.69) is 5.32 Å². The monoisotopic (exact) mass is 478 g/mol. The van der Waals surface area contributed by atoms with Crippen LogP contribution in [0.4, 0.5) is 0 Å². The highest BCUT2D eigenvalue weighted by molar-refractivity contribution is 7.13. The molecular formula is C26H30N4O3S. The number of methoxy groups -OCH3 is 1. The first kappa shape index (κ1) is 22.7. The van der Waals surface area contributed by atoms with Gasteiger partial charge in [0, 0.05) is 12.6 Å². The topological polar surface area (TPSA) is 76.5 Å². The average molecular weight is 479 g/mol. The van der Waals surface area contributed by atoms with Crippen LogP contribution in [0.2, 0.25) is 0 Å². The molecule has 1 saturated carbocycles. The summed E-state index contributed by atoms with van der Waals surface area (Å²) in [5.41, 5.74) is 1.16. The van der Waals surface area contributed by atoms with Crippen LogP contribution in [-0.4, -0.2) is 45.2 Å². The van der Waals surface area contributed by atoms with Crippen LogP contribution in [0.15, 0.2) is 47.8 Å². The summed E-state index contributed by atoms with van der Waals surface area (Å²) in [5.74, 6) is 0.462. The van der Waals surface area contributed by atoms with Gasteiger partial charge in [-0.15, -0.1) is 11.3 Å². The van der Waals surface area contributed by atoms with Crippen molar-refractivity contribution < 1.29 is 14.3 Å². The van der Waals surface area contributed by atoms with Gasteiger partial charge in [-0.2, -0.15) is 5.10 Å². The normalized spacial score (nSPS) is 20.8. The summed E-state index contributed by atoms with van der Waals surface area (Å²) in [4.78, 5) is 30.2. The molecular weight excluding hydrogens is 448 g/mol. The first-order valence-corrected chi connectivity index (χ1v) is 12.7. The molecule has 3 aromatic rings. The van der Waals surface area contributed by atoms with Crippen LogP contribution in [0.1, 0.15) is 55.1 Å². The number of nitrogens with zero attached hydrogens (tertiary/aromatic N) is 3. The van der Waals surface area contributed by atoms with Crippen LogP contribution in [0.3, 0.4) is 0 Å². The van der Waals surface area contributed by atoms with Gasteiger partial charge in [0.15, 0.2) is 0 Å². The van der Waals surface area contributed by atoms with Crippen molar-refractivity contribution in [2.75, 3.05) is 7.11 Å². The van der Waals surface area contributed by atoms with Crippen LogP contribution in [-0.2, 0) is 17.9 Å². The molecule has 0 radical (unpaired) electrons. The third-order valence-corrected chi connectivity index (χ3v) is 7.89. The lowest BCUT2D eigenvalue weighted by atomic mass is 9.91. The Kier molecular flexibility index (Phi) is 6.16. The number of hydrogen-bond acceptors (Lipinski definition) is 5. The number of carbonyl (C=O) groups excluding carboxylic acids is 2. The molecule has 0 spiro atoms. The van der Waals surface area contributed by atoms with Gasteiger partial charge in [0.25, 0.3) is 5.91 Å². The number of nitrogens with one attached hydrogen (secondary N) is 1. The van der Waals surface area contributed by atoms with Gasteiger partial charge in [-0.05, 0) is 55.0 Å². The Morgan fingerprint density at radius 3 is 2.65 bits per heavy atom. The maximum Gasteiger partial charge on any atom is 0.273 e. The Labute approximate surface area is 203 Å². The Morgan fingerprint density at radius 2 is 1.97 bits per heavy atom. The van der Waals surface area contributed by atoms with Crippen LogP contribution < -0.4 is 10.1 Å². The van der Waals surface area contributed by atoms with Gasteiger partial charge in [0.1, 0.15) is 22.7 Å². The third-order valence-electron chi connectivity index (χ3n) is 7.00. The van der Waals surface area contributed by atoms with Crippen molar-refractivity contribution in [1.29, 1.82) is 0 Å². The molecule has 178 valence electrons. The molecule has 1 aromatic carbocycles. The van der Waals surface area contributed by atoms with E-state index in [0.29, 0.717) is 18.8 Å². The molecule has 1 aliphatic carbocycles. The van der Waals surface area contributed by atoms with E-state index in [1.165, 1.54) is 6.42 Å². The number of thiophene rings is 1. The van der Waals surface area contributed by atoms with E-state index in [4.69, 9.17) is 9.84 Å². The summed E-state index contributed by atoms with van der Waals surface area (Å²) in [6.45, 7) is 2.51. The molecule has 1 aliphatic heterocycles. The maximum absolute atomic E-state index is 13.8. The molecule has 0 saturated heterocycles. The van der Waals surface area contributed by atoms with E-state index in [1.807, 2.05) is 54.8 Å². The second-order valence-corrected chi connectivity index (χ2v) is 10.3. The van der Waals surface area contributed by atoms with E-state index in [0.717, 1.165) is 47.6 Å². The number of amides is 2. The fourth-order valence-electron chi connectivity index (χ4n) is 4.94. The molecule has 2 aliphatic rings. The Morgan fingerprint density at radius 1 is 1.21 bits per heavy atom. The van der Waals surface area contributed by atoms with Crippen molar-refractivity contribution in [2.45, 2.75) is 63.7 Å². The lowest BCUT2D eigenvalue weighted by molar-refractivity contribution is -0.134. The minimum atomic E-state index is -1.06. The Hall–Kier alpha value is -3.13. The van der Waals surface area contributed by atoms with E-state index in [1.54, 1.807) is 28.0 Å². The predicted molar refractivity (Wildman–Crippen MR) is 132 cm³/mol. The van der Waals surface area contributed by atoms with Crippen molar-refractivity contribution in [1.82, 2.24) is 20.0 Å². The van der Waals surface area contributed by atoms with Crippen molar-refractivity contribution in [2.24, 2.45) is 0 Å². The molecule has 3 heterocycles. The highest BCUT2D eigenvalue weighted by Crippen LogP contribution is 2.33. The molecule has 2 amide bonds. The predicted octanol–water partition coefficient (Wildman–Crippen LogP) is 4.48. The Bertz CT molecular complexity index is 1170. The van der Waals surface area contributed by atoms with E-state index in [-0.39, 0.29) is 17.9 Å². The molecule has 0 bridgehead atoms. The number of rotatable bonds is 6. The zero-order chi connectivity index (χ0) is 23.7. The maximum atomic E-state index is 13.8. The fraction of sp³-hybridized carbons (Fsp3) is 0.423. The number of benzene rings is 1. The second kappa shape index (κ2) is 9.25. The molecule has 5 rings (SSSR count). The molecule has 1 atom stereocenters. The molecule has 7 nitrogen and oxygen atoms in total. The second-order valence-electron chi connectivity index (χ2n) is 9.37. The standard InChI is InChI=1S/C26H30N4O3S/c1-26(25(32)27-19-7-4-3-5-8-19)17-30-22(15-21(28-30)23-9-6-14-34-23)24(31)29(26)16-18-10-12-20(33-2)13-11-18/h6,9-15,19H,3-5,7-8,16-17H2,1-2H3,(H,27,32). The minimum absolute atomic E-state index is 0.111. The van der Waals surface area contributed by atoms with Gasteiger partial charge >= 0.3 is 0 Å². The quantitative estimate of drug-likeness (QED) is 0.567. The third kappa shape index (κ3) is 4.22. The smallest absolute Gasteiger partial charge is 0.273 e. The number of aromatic nitrogens is 2. The number of ether oxygens (including phenoxy) is 1. The van der Waals surface area contributed by atoms with Crippen LogP contribution >= 0.6 is 11.3 Å². The first-order valence-electron chi connectivity index (χ1n) is 11.9. The van der Waals surface area contributed by atoms with Crippen LogP contribution in [0, 0.1) is 0 Å². The number of fused-ring (bicyclic) bond motifs is 1. The zero-order valence-electron chi connectivity index (χ0n) is 19.6. The van der Waals surface area contributed by atoms with Gasteiger partial charge in [0.2, 0.25) is 5.91 Å². The summed E-state index contributed by atoms with van der Waals surface area (Å²) in [6.07, 6.45) is 5.45. The van der Waals surface area contributed by atoms with Gasteiger partial charge < -0.3 is 15.0 Å². The van der Waals surface area contributed by atoms with E-state index in [9.17, 15) is 9.59 Å². The summed E-state index contributed by atoms with van der Waals surface area (Å²) in [7, 11) is 1.63. The van der Waals surface area contributed by atoms with Gasteiger partial charge in [0.05, 0.1) is 18.5 Å². The van der Waals surface area contributed by atoms with Gasteiger partial charge in [-0.25, -0.2) is 0 Å². The van der Waals surface area contributed by atoms with Crippen molar-refractivity contribution in [3.63, 3.8) is 0 Å². The summed E-state index contributed by atoms with van der Waals surface area (Å²) in [6, 6.07) is 13.6. The summed E-state index contributed by atoms with van der Waals surface area (Å²) >= 11 is 1.59. The SMILES string of the molecule is COc1ccc(CN2C(=O)c3cc(-c4cccs4)nn3CC2(C)C(=O)NC2CCCCC2)cc1. The van der Waals surface area contributed by atoms with Crippen molar-refractivity contribution in [3.8, 4) is 16.3 Å². The van der Waals surface area contributed by atoms with Gasteiger partial charge in [-0.3, -0.25) is 14.3 Å². The van der Waals surface area contributed by atoms with E-state index < -0.39 is 5.54 Å². The van der Waals surface area contributed by atoms with Crippen LogP contribution in [0.5, 0.6) is 5.75 Å². The molecule has 8 heteroatoms. The van der Waals surface area contributed by atoms with Gasteiger partial charge in [-0.1, -0.05) is 37.5 Å². The van der Waals surface area contributed by atoms with Crippen molar-refractivity contribution in [3.05, 3.63) is 59.1 Å². The Balaban J connectivity index is 1.49.